The Kier molecular flexibility index (Phi) is 7.00. The maximum atomic E-state index is 13.9. The molecule has 0 amide bonds. The number of rotatable bonds is 7. The average molecular weight is 440 g/mol. The van der Waals surface area contributed by atoms with Gasteiger partial charge in [-0.3, -0.25) is 11.3 Å². The summed E-state index contributed by atoms with van der Waals surface area (Å²) in [5.74, 6) is 11.5. The lowest BCUT2D eigenvalue weighted by molar-refractivity contribution is 0.303. The fourth-order valence-corrected chi connectivity index (χ4v) is 2.94. The number of anilines is 2. The Bertz CT molecular complexity index is 1120. The van der Waals surface area contributed by atoms with Crippen LogP contribution < -0.4 is 38.3 Å². The number of aliphatic imine (C=N–C) groups is 1. The quantitative estimate of drug-likeness (QED) is 0.117. The first-order chi connectivity index (χ1) is 15.3. The maximum absolute atomic E-state index is 13.9. The van der Waals surface area contributed by atoms with E-state index in [-0.39, 0.29) is 24.2 Å². The number of guanidine groups is 1. The lowest BCUT2D eigenvalue weighted by atomic mass is 10.1. The van der Waals surface area contributed by atoms with Crippen LogP contribution in [0.4, 0.5) is 21.7 Å². The van der Waals surface area contributed by atoms with Crippen LogP contribution in [0.5, 0.6) is 5.75 Å². The van der Waals surface area contributed by atoms with Gasteiger partial charge in [0.15, 0.2) is 11.6 Å². The largest absolute Gasteiger partial charge is 0.494 e. The number of ether oxygens (including phenoxy) is 1. The van der Waals surface area contributed by atoms with Crippen molar-refractivity contribution in [2.45, 2.75) is 6.54 Å². The van der Waals surface area contributed by atoms with Gasteiger partial charge in [0, 0.05) is 18.8 Å². The average Bonchev–Trinajstić information content (AvgIpc) is 2.73. The molecule has 0 atom stereocenters. The van der Waals surface area contributed by atoms with Gasteiger partial charge in [0.25, 0.3) is 5.95 Å². The van der Waals surface area contributed by atoms with E-state index in [2.05, 4.69) is 20.4 Å². The van der Waals surface area contributed by atoms with Crippen LogP contribution in [0.25, 0.3) is 11.3 Å². The van der Waals surface area contributed by atoms with Crippen LogP contribution in [0.3, 0.4) is 0 Å². The SMILES string of the molecule is COc1ccc(CN(N)c2ccc(-c3ccnc(/N=C(\N)NN(C)N)n3)cc2N)cc1F. The molecule has 1 heterocycles. The predicted molar refractivity (Wildman–Crippen MR) is 122 cm³/mol. The van der Waals surface area contributed by atoms with E-state index in [0.29, 0.717) is 22.6 Å². The molecule has 3 aromatic rings. The summed E-state index contributed by atoms with van der Waals surface area (Å²) in [7, 11) is 2.98. The van der Waals surface area contributed by atoms with E-state index in [4.69, 9.17) is 27.9 Å². The highest BCUT2D eigenvalue weighted by atomic mass is 19.1. The Morgan fingerprint density at radius 3 is 2.62 bits per heavy atom. The van der Waals surface area contributed by atoms with Crippen molar-refractivity contribution < 1.29 is 9.13 Å². The highest BCUT2D eigenvalue weighted by molar-refractivity contribution is 5.80. The number of benzene rings is 2. The zero-order chi connectivity index (χ0) is 23.3. The van der Waals surface area contributed by atoms with Crippen molar-refractivity contribution in [3.8, 4) is 17.0 Å². The summed E-state index contributed by atoms with van der Waals surface area (Å²) in [4.78, 5) is 12.5. The number of nitrogens with two attached hydrogens (primary N) is 4. The van der Waals surface area contributed by atoms with Gasteiger partial charge >= 0.3 is 0 Å². The first kappa shape index (κ1) is 22.7. The number of nitrogens with zero attached hydrogens (tertiary/aromatic N) is 5. The predicted octanol–water partition coefficient (Wildman–Crippen LogP) is 1.01. The summed E-state index contributed by atoms with van der Waals surface area (Å²) in [5.41, 5.74) is 17.5. The lowest BCUT2D eigenvalue weighted by Gasteiger charge is -2.21. The molecule has 0 radical (unpaired) electrons. The third-order valence-electron chi connectivity index (χ3n) is 4.36. The molecular weight excluding hydrogens is 415 g/mol. The number of nitrogen functional groups attached to an aromatic ring is 1. The third-order valence-corrected chi connectivity index (χ3v) is 4.36. The Labute approximate surface area is 184 Å². The molecule has 12 heteroatoms. The van der Waals surface area contributed by atoms with E-state index in [9.17, 15) is 4.39 Å². The number of nitrogens with one attached hydrogen (secondary N) is 1. The second kappa shape index (κ2) is 9.87. The highest BCUT2D eigenvalue weighted by Crippen LogP contribution is 2.29. The van der Waals surface area contributed by atoms with Gasteiger partial charge in [-0.15, -0.1) is 0 Å². The summed E-state index contributed by atoms with van der Waals surface area (Å²) in [6, 6.07) is 11.7. The van der Waals surface area contributed by atoms with E-state index < -0.39 is 5.82 Å². The molecule has 0 saturated heterocycles. The van der Waals surface area contributed by atoms with Gasteiger partial charge in [-0.05, 0) is 35.9 Å². The number of aromatic nitrogens is 2. The second-order valence-corrected chi connectivity index (χ2v) is 6.83. The molecule has 168 valence electrons. The summed E-state index contributed by atoms with van der Waals surface area (Å²) >= 11 is 0. The molecule has 0 aliphatic rings. The van der Waals surface area contributed by atoms with E-state index in [0.717, 1.165) is 10.7 Å². The van der Waals surface area contributed by atoms with Gasteiger partial charge in [-0.25, -0.2) is 20.2 Å². The van der Waals surface area contributed by atoms with Crippen LogP contribution in [0.2, 0.25) is 0 Å². The number of halogens is 1. The van der Waals surface area contributed by atoms with Gasteiger partial charge in [-0.1, -0.05) is 12.1 Å². The molecule has 0 unspecified atom stereocenters. The van der Waals surface area contributed by atoms with Crippen molar-refractivity contribution in [2.75, 3.05) is 24.9 Å². The van der Waals surface area contributed by atoms with Crippen LogP contribution in [0, 0.1) is 5.82 Å². The summed E-state index contributed by atoms with van der Waals surface area (Å²) in [6.45, 7) is 0.249. The maximum Gasteiger partial charge on any atom is 0.253 e. The number of hydrogen-bond donors (Lipinski definition) is 5. The fraction of sp³-hybridized carbons (Fsp3) is 0.150. The van der Waals surface area contributed by atoms with Crippen molar-refractivity contribution in [3.05, 3.63) is 60.0 Å². The smallest absolute Gasteiger partial charge is 0.253 e. The summed E-state index contributed by atoms with van der Waals surface area (Å²) in [5, 5.41) is 2.59. The molecular formula is C20H25FN10O. The molecule has 0 spiro atoms. The van der Waals surface area contributed by atoms with E-state index in [1.807, 2.05) is 6.07 Å². The van der Waals surface area contributed by atoms with Gasteiger partial charge in [-0.2, -0.15) is 10.1 Å². The molecule has 11 nitrogen and oxygen atoms in total. The molecule has 2 aromatic carbocycles. The standard InChI is InChI=1S/C20H25FN10O/c1-30(24)29-19(23)28-20-26-8-7-16(27-20)13-4-5-17(15(22)10-13)31(25)11-12-3-6-18(32-2)14(21)9-12/h3-10H,11,22,24-25H2,1-2H3,(H3,23,26,27,28,29). The number of methoxy groups -OCH3 is 1. The Balaban J connectivity index is 1.79. The minimum Gasteiger partial charge on any atom is -0.494 e. The highest BCUT2D eigenvalue weighted by Gasteiger charge is 2.12. The summed E-state index contributed by atoms with van der Waals surface area (Å²) < 4.78 is 18.9. The van der Waals surface area contributed by atoms with Crippen LogP contribution in [0.1, 0.15) is 5.56 Å². The van der Waals surface area contributed by atoms with Crippen LogP contribution >= 0.6 is 0 Å². The van der Waals surface area contributed by atoms with Crippen LogP contribution in [0.15, 0.2) is 53.7 Å². The second-order valence-electron chi connectivity index (χ2n) is 6.83. The van der Waals surface area contributed by atoms with E-state index in [1.165, 1.54) is 18.2 Å². The summed E-state index contributed by atoms with van der Waals surface area (Å²) in [6.07, 6.45) is 1.55. The lowest BCUT2D eigenvalue weighted by Crippen LogP contribution is -2.47. The normalized spacial score (nSPS) is 11.5. The van der Waals surface area contributed by atoms with Crippen molar-refractivity contribution in [2.24, 2.45) is 22.4 Å². The number of hydrogen-bond acceptors (Lipinski definition) is 9. The van der Waals surface area contributed by atoms with Gasteiger partial charge in [0.1, 0.15) is 0 Å². The minimum atomic E-state index is -0.460. The molecule has 32 heavy (non-hydrogen) atoms. The number of hydrazine groups is 3. The van der Waals surface area contributed by atoms with Crippen LogP contribution in [-0.4, -0.2) is 35.2 Å². The Morgan fingerprint density at radius 2 is 1.97 bits per heavy atom. The Morgan fingerprint density at radius 1 is 1.19 bits per heavy atom. The molecule has 0 fully saturated rings. The molecule has 0 aliphatic carbocycles. The zero-order valence-corrected chi connectivity index (χ0v) is 17.7. The molecule has 1 aromatic heterocycles. The molecule has 0 bridgehead atoms. The van der Waals surface area contributed by atoms with Crippen LogP contribution in [-0.2, 0) is 6.54 Å². The molecule has 0 saturated carbocycles. The topological polar surface area (TPSA) is 170 Å². The van der Waals surface area contributed by atoms with Crippen molar-refractivity contribution >= 4 is 23.3 Å². The van der Waals surface area contributed by atoms with E-state index >= 15 is 0 Å². The first-order valence-corrected chi connectivity index (χ1v) is 9.43. The fourth-order valence-electron chi connectivity index (χ4n) is 2.94. The van der Waals surface area contributed by atoms with Gasteiger partial charge in [0.05, 0.1) is 30.7 Å². The van der Waals surface area contributed by atoms with Crippen molar-refractivity contribution in [1.29, 1.82) is 0 Å². The molecule has 3 rings (SSSR count). The first-order valence-electron chi connectivity index (χ1n) is 9.43. The monoisotopic (exact) mass is 440 g/mol. The molecule has 0 aliphatic heterocycles. The minimum absolute atomic E-state index is 0.0377. The van der Waals surface area contributed by atoms with Crippen molar-refractivity contribution in [3.63, 3.8) is 0 Å². The zero-order valence-electron chi connectivity index (χ0n) is 17.7. The van der Waals surface area contributed by atoms with E-state index in [1.54, 1.807) is 43.6 Å². The van der Waals surface area contributed by atoms with Gasteiger partial charge < -0.3 is 21.2 Å². The molecule has 9 N–H and O–H groups in total. The van der Waals surface area contributed by atoms with Crippen molar-refractivity contribution in [1.82, 2.24) is 20.5 Å². The van der Waals surface area contributed by atoms with Gasteiger partial charge in [0.2, 0.25) is 5.96 Å². The third kappa shape index (κ3) is 5.57. The Hall–Kier alpha value is -4.00.